The first-order valence-electron chi connectivity index (χ1n) is 5.42. The fraction of sp³-hybridized carbons (Fsp3) is 0.133. The van der Waals surface area contributed by atoms with Gasteiger partial charge in [-0.1, -0.05) is 36.4 Å². The summed E-state index contributed by atoms with van der Waals surface area (Å²) in [4.78, 5) is 0. The van der Waals surface area contributed by atoms with Crippen LogP contribution < -0.4 is 0 Å². The molecule has 2 rings (SSSR count). The molecule has 0 radical (unpaired) electrons. The van der Waals surface area contributed by atoms with Gasteiger partial charge >= 0.3 is 0 Å². The van der Waals surface area contributed by atoms with Gasteiger partial charge in [-0.25, -0.2) is 0 Å². The first kappa shape index (κ1) is 11.4. The summed E-state index contributed by atoms with van der Waals surface area (Å²) in [5.41, 5.74) is 4.11. The van der Waals surface area contributed by atoms with Gasteiger partial charge in [0.15, 0.2) is 0 Å². The molecule has 2 aromatic rings. The number of methoxy groups -OCH3 is 1. The van der Waals surface area contributed by atoms with Crippen LogP contribution in [0.4, 0.5) is 0 Å². The third kappa shape index (κ3) is 2.72. The third-order valence-electron chi connectivity index (χ3n) is 2.61. The van der Waals surface area contributed by atoms with Crippen LogP contribution in [0.15, 0.2) is 48.5 Å². The van der Waals surface area contributed by atoms with E-state index in [1.165, 1.54) is 0 Å². The van der Waals surface area contributed by atoms with Crippen LogP contribution in [0.2, 0.25) is 0 Å². The summed E-state index contributed by atoms with van der Waals surface area (Å²) in [6.07, 6.45) is 0. The highest BCUT2D eigenvalue weighted by Crippen LogP contribution is 2.20. The maximum absolute atomic E-state index is 8.73. The van der Waals surface area contributed by atoms with E-state index in [0.717, 1.165) is 16.7 Å². The van der Waals surface area contributed by atoms with Gasteiger partial charge in [0, 0.05) is 7.11 Å². The Bertz CT molecular complexity index is 520. The third-order valence-corrected chi connectivity index (χ3v) is 2.61. The molecule has 0 unspecified atom stereocenters. The van der Waals surface area contributed by atoms with Crippen molar-refractivity contribution >= 4 is 0 Å². The zero-order chi connectivity index (χ0) is 12.1. The molecule has 0 aliphatic carbocycles. The quantitative estimate of drug-likeness (QED) is 0.799. The molecule has 2 heteroatoms. The van der Waals surface area contributed by atoms with Gasteiger partial charge < -0.3 is 4.74 Å². The topological polar surface area (TPSA) is 33.0 Å². The largest absolute Gasteiger partial charge is 0.380 e. The maximum Gasteiger partial charge on any atom is 0.0991 e. The molecule has 0 heterocycles. The van der Waals surface area contributed by atoms with Gasteiger partial charge in [-0.05, 0) is 28.8 Å². The van der Waals surface area contributed by atoms with Crippen molar-refractivity contribution < 1.29 is 4.74 Å². The van der Waals surface area contributed by atoms with Crippen LogP contribution in [0.25, 0.3) is 11.1 Å². The molecule has 0 saturated carbocycles. The minimum Gasteiger partial charge on any atom is -0.380 e. The Hall–Kier alpha value is -2.11. The van der Waals surface area contributed by atoms with Gasteiger partial charge in [-0.3, -0.25) is 0 Å². The molecule has 0 fully saturated rings. The second kappa shape index (κ2) is 5.29. The van der Waals surface area contributed by atoms with E-state index in [1.807, 2.05) is 24.3 Å². The summed E-state index contributed by atoms with van der Waals surface area (Å²) >= 11 is 0. The van der Waals surface area contributed by atoms with Crippen molar-refractivity contribution in [2.75, 3.05) is 7.11 Å². The number of benzene rings is 2. The smallest absolute Gasteiger partial charge is 0.0991 e. The van der Waals surface area contributed by atoms with Crippen molar-refractivity contribution in [3.05, 3.63) is 59.7 Å². The van der Waals surface area contributed by atoms with Crippen molar-refractivity contribution in [3.63, 3.8) is 0 Å². The number of hydrogen-bond donors (Lipinski definition) is 0. The van der Waals surface area contributed by atoms with Crippen molar-refractivity contribution in [3.8, 4) is 17.2 Å². The van der Waals surface area contributed by atoms with Crippen molar-refractivity contribution in [2.24, 2.45) is 0 Å². The number of rotatable bonds is 3. The van der Waals surface area contributed by atoms with Crippen molar-refractivity contribution in [2.45, 2.75) is 6.61 Å². The second-order valence-electron chi connectivity index (χ2n) is 3.82. The molecule has 2 nitrogen and oxygen atoms in total. The Morgan fingerprint density at radius 1 is 0.941 bits per heavy atom. The molecule has 0 atom stereocenters. The predicted octanol–water partition coefficient (Wildman–Crippen LogP) is 3.37. The van der Waals surface area contributed by atoms with Crippen molar-refractivity contribution in [1.82, 2.24) is 0 Å². The normalized spacial score (nSPS) is 9.88. The maximum atomic E-state index is 8.73. The summed E-state index contributed by atoms with van der Waals surface area (Å²) in [6, 6.07) is 17.9. The van der Waals surface area contributed by atoms with Crippen LogP contribution >= 0.6 is 0 Å². The lowest BCUT2D eigenvalue weighted by Crippen LogP contribution is -1.87. The molecule has 0 saturated heterocycles. The summed E-state index contributed by atoms with van der Waals surface area (Å²) in [5, 5.41) is 8.73. The molecule has 0 aromatic heterocycles. The monoisotopic (exact) mass is 223 g/mol. The average Bonchev–Trinajstić information content (AvgIpc) is 2.40. The first-order chi connectivity index (χ1) is 8.33. The molecular formula is C15H13NO. The minimum atomic E-state index is 0.633. The molecular weight excluding hydrogens is 210 g/mol. The summed E-state index contributed by atoms with van der Waals surface area (Å²) in [6.45, 7) is 0.633. The van der Waals surface area contributed by atoms with Gasteiger partial charge in [0.1, 0.15) is 0 Å². The van der Waals surface area contributed by atoms with E-state index in [4.69, 9.17) is 10.00 Å². The molecule has 0 aliphatic rings. The van der Waals surface area contributed by atoms with Crippen LogP contribution in [0.1, 0.15) is 11.1 Å². The molecule has 17 heavy (non-hydrogen) atoms. The Kier molecular flexibility index (Phi) is 3.54. The summed E-state index contributed by atoms with van der Waals surface area (Å²) < 4.78 is 5.07. The number of hydrogen-bond acceptors (Lipinski definition) is 2. The summed E-state index contributed by atoms with van der Waals surface area (Å²) in [5.74, 6) is 0. The molecule has 0 spiro atoms. The van der Waals surface area contributed by atoms with Gasteiger partial charge in [-0.2, -0.15) is 5.26 Å². The Morgan fingerprint density at radius 2 is 1.47 bits per heavy atom. The fourth-order valence-corrected chi connectivity index (χ4v) is 1.70. The van der Waals surface area contributed by atoms with Crippen LogP contribution in [-0.2, 0) is 11.3 Å². The SMILES string of the molecule is COCc1ccc(-c2ccc(C#N)cc2)cc1. The lowest BCUT2D eigenvalue weighted by molar-refractivity contribution is 0.185. The molecule has 2 aromatic carbocycles. The first-order valence-corrected chi connectivity index (χ1v) is 5.42. The standard InChI is InChI=1S/C15H13NO/c1-17-11-13-4-8-15(9-5-13)14-6-2-12(10-16)3-7-14/h2-9H,11H2,1H3. The Labute approximate surface area is 101 Å². The average molecular weight is 223 g/mol. The van der Waals surface area contributed by atoms with Gasteiger partial charge in [0.05, 0.1) is 18.2 Å². The zero-order valence-corrected chi connectivity index (χ0v) is 9.68. The van der Waals surface area contributed by atoms with E-state index in [9.17, 15) is 0 Å². The van der Waals surface area contributed by atoms with Gasteiger partial charge in [0.2, 0.25) is 0 Å². The number of ether oxygens (including phenoxy) is 1. The van der Waals surface area contributed by atoms with Gasteiger partial charge in [-0.15, -0.1) is 0 Å². The van der Waals surface area contributed by atoms with Crippen LogP contribution in [-0.4, -0.2) is 7.11 Å². The van der Waals surface area contributed by atoms with Crippen LogP contribution in [0.5, 0.6) is 0 Å². The highest BCUT2D eigenvalue weighted by molar-refractivity contribution is 5.64. The van der Waals surface area contributed by atoms with E-state index in [-0.39, 0.29) is 0 Å². The molecule has 0 aliphatic heterocycles. The fourth-order valence-electron chi connectivity index (χ4n) is 1.70. The van der Waals surface area contributed by atoms with Crippen LogP contribution in [0, 0.1) is 11.3 Å². The lowest BCUT2D eigenvalue weighted by atomic mass is 10.0. The number of nitrogens with zero attached hydrogens (tertiary/aromatic N) is 1. The second-order valence-corrected chi connectivity index (χ2v) is 3.82. The Morgan fingerprint density at radius 3 is 1.94 bits per heavy atom. The molecule has 0 bridgehead atoms. The number of nitriles is 1. The van der Waals surface area contributed by atoms with E-state index in [2.05, 4.69) is 30.3 Å². The minimum absolute atomic E-state index is 0.633. The van der Waals surface area contributed by atoms with E-state index < -0.39 is 0 Å². The lowest BCUT2D eigenvalue weighted by Gasteiger charge is -2.04. The highest BCUT2D eigenvalue weighted by atomic mass is 16.5. The summed E-state index contributed by atoms with van der Waals surface area (Å²) in [7, 11) is 1.69. The molecule has 84 valence electrons. The van der Waals surface area contributed by atoms with E-state index >= 15 is 0 Å². The predicted molar refractivity (Wildman–Crippen MR) is 67.3 cm³/mol. The van der Waals surface area contributed by atoms with Crippen molar-refractivity contribution in [1.29, 1.82) is 5.26 Å². The van der Waals surface area contributed by atoms with Crippen LogP contribution in [0.3, 0.4) is 0 Å². The molecule has 0 amide bonds. The molecule has 0 N–H and O–H groups in total. The Balaban J connectivity index is 2.24. The van der Waals surface area contributed by atoms with Gasteiger partial charge in [0.25, 0.3) is 0 Å². The highest BCUT2D eigenvalue weighted by Gasteiger charge is 1.98. The van der Waals surface area contributed by atoms with E-state index in [1.54, 1.807) is 7.11 Å². The van der Waals surface area contributed by atoms with E-state index in [0.29, 0.717) is 12.2 Å². The zero-order valence-electron chi connectivity index (χ0n) is 9.68.